The molecule has 6 heteroatoms. The Kier molecular flexibility index (Phi) is 4.71. The Balaban J connectivity index is 1.66. The fraction of sp³-hybridized carbons (Fsp3) is 0.0455. The van der Waals surface area contributed by atoms with Gasteiger partial charge in [0, 0.05) is 0 Å². The van der Waals surface area contributed by atoms with E-state index in [1.807, 2.05) is 42.5 Å². The summed E-state index contributed by atoms with van der Waals surface area (Å²) in [6.07, 6.45) is 1.47. The summed E-state index contributed by atoms with van der Waals surface area (Å²) in [5, 5.41) is 11.0. The lowest BCUT2D eigenvalue weighted by Gasteiger charge is -2.14. The molecule has 1 aliphatic rings. The number of amides is 2. The van der Waals surface area contributed by atoms with E-state index in [0.717, 1.165) is 28.1 Å². The highest BCUT2D eigenvalue weighted by atomic mass is 32.2. The van der Waals surface area contributed by atoms with E-state index in [9.17, 15) is 19.5 Å². The van der Waals surface area contributed by atoms with Gasteiger partial charge in [-0.05, 0) is 45.8 Å². The van der Waals surface area contributed by atoms with E-state index >= 15 is 0 Å². The number of aromatic carboxylic acids is 1. The lowest BCUT2D eigenvalue weighted by atomic mass is 10.0. The summed E-state index contributed by atoms with van der Waals surface area (Å²) < 4.78 is 0. The molecule has 3 aromatic rings. The summed E-state index contributed by atoms with van der Waals surface area (Å²) in [7, 11) is 0. The molecular weight excluding hydrogens is 374 g/mol. The Morgan fingerprint density at radius 2 is 1.68 bits per heavy atom. The second kappa shape index (κ2) is 7.32. The second-order valence-electron chi connectivity index (χ2n) is 6.30. The van der Waals surface area contributed by atoms with Crippen LogP contribution in [0.15, 0.2) is 71.6 Å². The smallest absolute Gasteiger partial charge is 0.336 e. The molecule has 0 aliphatic carbocycles. The number of carboxylic acid groups (broad SMARTS) is 1. The minimum atomic E-state index is -1.08. The van der Waals surface area contributed by atoms with Crippen LogP contribution < -0.4 is 0 Å². The van der Waals surface area contributed by atoms with Crippen LogP contribution in [-0.2, 0) is 11.3 Å². The Bertz CT molecular complexity index is 1150. The largest absolute Gasteiger partial charge is 0.478 e. The monoisotopic (exact) mass is 389 g/mol. The second-order valence-corrected chi connectivity index (χ2v) is 7.29. The molecule has 5 nitrogen and oxygen atoms in total. The molecule has 0 saturated carbocycles. The number of nitrogens with zero attached hydrogens (tertiary/aromatic N) is 1. The van der Waals surface area contributed by atoms with E-state index in [-0.39, 0.29) is 22.3 Å². The molecule has 1 saturated heterocycles. The number of fused-ring (bicyclic) bond motifs is 1. The molecule has 3 aromatic carbocycles. The number of hydrogen-bond acceptors (Lipinski definition) is 4. The first kappa shape index (κ1) is 18.0. The Labute approximate surface area is 165 Å². The van der Waals surface area contributed by atoms with E-state index in [2.05, 4.69) is 0 Å². The number of carbonyl (C=O) groups is 3. The molecule has 1 N–H and O–H groups in total. The Morgan fingerprint density at radius 1 is 0.964 bits per heavy atom. The fourth-order valence-corrected chi connectivity index (χ4v) is 4.03. The van der Waals surface area contributed by atoms with Crippen LogP contribution >= 0.6 is 11.8 Å². The molecule has 0 aromatic heterocycles. The maximum atomic E-state index is 12.8. The van der Waals surface area contributed by atoms with Crippen LogP contribution in [0.2, 0.25) is 0 Å². The summed E-state index contributed by atoms with van der Waals surface area (Å²) in [5.74, 6) is -1.50. The van der Waals surface area contributed by atoms with Crippen molar-refractivity contribution < 1.29 is 19.5 Å². The van der Waals surface area contributed by atoms with Crippen molar-refractivity contribution in [1.82, 2.24) is 4.90 Å². The highest BCUT2D eigenvalue weighted by Crippen LogP contribution is 2.34. The highest BCUT2D eigenvalue weighted by Gasteiger charge is 2.35. The average molecular weight is 389 g/mol. The number of imide groups is 1. The molecule has 0 unspecified atom stereocenters. The normalized spacial score (nSPS) is 15.6. The van der Waals surface area contributed by atoms with Crippen molar-refractivity contribution in [2.45, 2.75) is 6.54 Å². The van der Waals surface area contributed by atoms with Crippen molar-refractivity contribution in [1.29, 1.82) is 0 Å². The van der Waals surface area contributed by atoms with Crippen LogP contribution in [0.4, 0.5) is 4.79 Å². The number of rotatable bonds is 4. The summed E-state index contributed by atoms with van der Waals surface area (Å²) in [6.45, 7) is 0.171. The third kappa shape index (κ3) is 3.30. The quantitative estimate of drug-likeness (QED) is 0.650. The third-order valence-electron chi connectivity index (χ3n) is 4.56. The SMILES string of the molecule is O=C(O)c1ccccc1/C=C1\SC(=O)N(Cc2cccc3ccccc23)C1=O. The van der Waals surface area contributed by atoms with Gasteiger partial charge in [0.2, 0.25) is 0 Å². The molecule has 1 aliphatic heterocycles. The molecule has 0 spiro atoms. The zero-order chi connectivity index (χ0) is 19.7. The summed E-state index contributed by atoms with van der Waals surface area (Å²) >= 11 is 0.827. The first-order valence-electron chi connectivity index (χ1n) is 8.59. The number of hydrogen-bond donors (Lipinski definition) is 1. The third-order valence-corrected chi connectivity index (χ3v) is 5.47. The summed E-state index contributed by atoms with van der Waals surface area (Å²) in [4.78, 5) is 38.1. The zero-order valence-electron chi connectivity index (χ0n) is 14.7. The molecule has 4 rings (SSSR count). The minimum Gasteiger partial charge on any atom is -0.478 e. The van der Waals surface area contributed by atoms with Gasteiger partial charge >= 0.3 is 5.97 Å². The number of benzene rings is 3. The molecule has 1 heterocycles. The molecule has 0 atom stereocenters. The maximum absolute atomic E-state index is 12.8. The first-order valence-corrected chi connectivity index (χ1v) is 9.40. The van der Waals surface area contributed by atoms with Crippen molar-refractivity contribution in [3.05, 3.63) is 88.3 Å². The van der Waals surface area contributed by atoms with Crippen LogP contribution in [-0.4, -0.2) is 27.1 Å². The van der Waals surface area contributed by atoms with E-state index < -0.39 is 11.9 Å². The number of carboxylic acids is 1. The van der Waals surface area contributed by atoms with Gasteiger partial charge in [0.15, 0.2) is 0 Å². The lowest BCUT2D eigenvalue weighted by Crippen LogP contribution is -2.27. The van der Waals surface area contributed by atoms with Gasteiger partial charge in [0.05, 0.1) is 17.0 Å². The zero-order valence-corrected chi connectivity index (χ0v) is 15.5. The van der Waals surface area contributed by atoms with Gasteiger partial charge in [0.1, 0.15) is 0 Å². The summed E-state index contributed by atoms with van der Waals surface area (Å²) in [6, 6.07) is 20.0. The van der Waals surface area contributed by atoms with Crippen molar-refractivity contribution in [2.24, 2.45) is 0 Å². The van der Waals surface area contributed by atoms with Crippen LogP contribution in [0, 0.1) is 0 Å². The summed E-state index contributed by atoms with van der Waals surface area (Å²) in [5.41, 5.74) is 1.36. The van der Waals surface area contributed by atoms with Crippen LogP contribution in [0.3, 0.4) is 0 Å². The van der Waals surface area contributed by atoms with Gasteiger partial charge in [-0.1, -0.05) is 60.7 Å². The molecule has 2 amide bonds. The number of carbonyl (C=O) groups excluding carboxylic acids is 2. The van der Waals surface area contributed by atoms with Crippen LogP contribution in [0.25, 0.3) is 16.8 Å². The molecule has 138 valence electrons. The molecule has 1 fully saturated rings. The minimum absolute atomic E-state index is 0.0864. The van der Waals surface area contributed by atoms with Crippen molar-refractivity contribution >= 4 is 45.7 Å². The molecule has 28 heavy (non-hydrogen) atoms. The van der Waals surface area contributed by atoms with E-state index in [1.165, 1.54) is 17.0 Å². The molecular formula is C22H15NO4S. The first-order chi connectivity index (χ1) is 13.5. The number of thioether (sulfide) groups is 1. The maximum Gasteiger partial charge on any atom is 0.336 e. The van der Waals surface area contributed by atoms with Gasteiger partial charge in [-0.25, -0.2) is 4.79 Å². The van der Waals surface area contributed by atoms with Crippen molar-refractivity contribution in [3.8, 4) is 0 Å². The fourth-order valence-electron chi connectivity index (χ4n) is 3.20. The van der Waals surface area contributed by atoms with Gasteiger partial charge in [-0.2, -0.15) is 0 Å². The highest BCUT2D eigenvalue weighted by molar-refractivity contribution is 8.18. The molecule has 0 bridgehead atoms. The van der Waals surface area contributed by atoms with Crippen LogP contribution in [0.5, 0.6) is 0 Å². The van der Waals surface area contributed by atoms with Gasteiger partial charge < -0.3 is 5.11 Å². The van der Waals surface area contributed by atoms with Crippen molar-refractivity contribution in [3.63, 3.8) is 0 Å². The topological polar surface area (TPSA) is 74.7 Å². The van der Waals surface area contributed by atoms with E-state index in [0.29, 0.717) is 5.56 Å². The van der Waals surface area contributed by atoms with Gasteiger partial charge in [-0.15, -0.1) is 0 Å². The van der Waals surface area contributed by atoms with E-state index in [1.54, 1.807) is 18.2 Å². The Morgan fingerprint density at radius 3 is 2.50 bits per heavy atom. The van der Waals surface area contributed by atoms with Gasteiger partial charge in [-0.3, -0.25) is 14.5 Å². The predicted molar refractivity (Wildman–Crippen MR) is 109 cm³/mol. The Hall–Kier alpha value is -3.38. The average Bonchev–Trinajstić information content (AvgIpc) is 2.96. The van der Waals surface area contributed by atoms with Crippen LogP contribution in [0.1, 0.15) is 21.5 Å². The standard InChI is InChI=1S/C22H15NO4S/c24-20-19(12-15-7-2-4-11-18(15)21(25)26)28-22(27)23(20)13-16-9-5-8-14-6-1-3-10-17(14)16/h1-12H,13H2,(H,25,26)/b19-12-. The molecule has 0 radical (unpaired) electrons. The van der Waals surface area contributed by atoms with Crippen molar-refractivity contribution in [2.75, 3.05) is 0 Å². The lowest BCUT2D eigenvalue weighted by molar-refractivity contribution is -0.123. The predicted octanol–water partition coefficient (Wildman–Crippen LogP) is 4.77. The van der Waals surface area contributed by atoms with E-state index in [4.69, 9.17) is 0 Å². The van der Waals surface area contributed by atoms with Gasteiger partial charge in [0.25, 0.3) is 11.1 Å².